The summed E-state index contributed by atoms with van der Waals surface area (Å²) in [5.74, 6) is 0.180. The second-order valence-electron chi connectivity index (χ2n) is 6.52. The van der Waals surface area contributed by atoms with Gasteiger partial charge in [-0.3, -0.25) is 4.79 Å². The van der Waals surface area contributed by atoms with E-state index in [9.17, 15) is 13.2 Å². The molecule has 0 aliphatic carbocycles. The van der Waals surface area contributed by atoms with Crippen molar-refractivity contribution < 1.29 is 17.9 Å². The number of anilines is 1. The van der Waals surface area contributed by atoms with Crippen molar-refractivity contribution in [2.75, 3.05) is 19.0 Å². The van der Waals surface area contributed by atoms with Gasteiger partial charge in [-0.1, -0.05) is 37.0 Å². The number of carbonyl (C=O) groups excluding carboxylic acids is 1. The maximum atomic E-state index is 12.6. The van der Waals surface area contributed by atoms with E-state index in [0.717, 1.165) is 0 Å². The van der Waals surface area contributed by atoms with Gasteiger partial charge in [0.15, 0.2) is 0 Å². The first-order valence-electron chi connectivity index (χ1n) is 8.58. The van der Waals surface area contributed by atoms with Crippen LogP contribution in [0.15, 0.2) is 41.3 Å². The van der Waals surface area contributed by atoms with Crippen LogP contribution in [0.5, 0.6) is 5.75 Å². The molecule has 0 fully saturated rings. The normalized spacial score (nSPS) is 11.5. The van der Waals surface area contributed by atoms with Crippen molar-refractivity contribution in [2.45, 2.75) is 25.2 Å². The zero-order valence-electron chi connectivity index (χ0n) is 15.8. The highest BCUT2D eigenvalue weighted by molar-refractivity contribution is 7.89. The molecule has 2 aromatic carbocycles. The topological polar surface area (TPSA) is 84.5 Å². The van der Waals surface area contributed by atoms with Gasteiger partial charge in [0.2, 0.25) is 10.0 Å². The third-order valence-electron chi connectivity index (χ3n) is 3.92. The molecule has 0 heterocycles. The van der Waals surface area contributed by atoms with Gasteiger partial charge in [-0.2, -0.15) is 0 Å². The van der Waals surface area contributed by atoms with E-state index in [0.29, 0.717) is 29.7 Å². The van der Waals surface area contributed by atoms with Crippen molar-refractivity contribution in [2.24, 2.45) is 5.92 Å². The molecule has 9 heteroatoms. The number of sulfonamides is 1. The van der Waals surface area contributed by atoms with Crippen LogP contribution in [0, 0.1) is 5.92 Å². The van der Waals surface area contributed by atoms with Gasteiger partial charge in [0.1, 0.15) is 5.75 Å². The van der Waals surface area contributed by atoms with Gasteiger partial charge in [-0.25, -0.2) is 13.1 Å². The molecular weight excluding hydrogens is 423 g/mol. The average molecular weight is 445 g/mol. The highest BCUT2D eigenvalue weighted by atomic mass is 35.5. The summed E-state index contributed by atoms with van der Waals surface area (Å²) in [5, 5.41) is 3.23. The Morgan fingerprint density at radius 1 is 1.14 bits per heavy atom. The summed E-state index contributed by atoms with van der Waals surface area (Å²) in [4.78, 5) is 12.6. The Morgan fingerprint density at radius 3 is 2.46 bits per heavy atom. The Morgan fingerprint density at radius 2 is 1.86 bits per heavy atom. The summed E-state index contributed by atoms with van der Waals surface area (Å²) in [6, 6.07) is 8.73. The van der Waals surface area contributed by atoms with Gasteiger partial charge in [0.25, 0.3) is 5.91 Å². The number of benzene rings is 2. The number of rotatable bonds is 8. The number of carbonyl (C=O) groups is 1. The first-order chi connectivity index (χ1) is 13.1. The Bertz CT molecular complexity index is 962. The Balaban J connectivity index is 2.28. The van der Waals surface area contributed by atoms with E-state index < -0.39 is 15.9 Å². The van der Waals surface area contributed by atoms with Crippen LogP contribution in [0.3, 0.4) is 0 Å². The van der Waals surface area contributed by atoms with Gasteiger partial charge in [-0.15, -0.1) is 0 Å². The molecule has 152 valence electrons. The molecule has 0 atom stereocenters. The number of hydrogen-bond acceptors (Lipinski definition) is 4. The fourth-order valence-corrected chi connectivity index (χ4v) is 3.95. The molecule has 6 nitrogen and oxygen atoms in total. The number of halogens is 2. The molecule has 0 spiro atoms. The molecule has 0 aliphatic rings. The van der Waals surface area contributed by atoms with E-state index >= 15 is 0 Å². The van der Waals surface area contributed by atoms with Crippen molar-refractivity contribution in [3.8, 4) is 5.75 Å². The van der Waals surface area contributed by atoms with Gasteiger partial charge < -0.3 is 10.1 Å². The fraction of sp³-hybridized carbons (Fsp3) is 0.316. The van der Waals surface area contributed by atoms with Crippen LogP contribution in [0.2, 0.25) is 10.0 Å². The number of amides is 1. The maximum Gasteiger partial charge on any atom is 0.257 e. The monoisotopic (exact) mass is 444 g/mol. The Hall–Kier alpha value is -1.80. The fourth-order valence-electron chi connectivity index (χ4n) is 2.38. The quantitative estimate of drug-likeness (QED) is 0.623. The third-order valence-corrected chi connectivity index (χ3v) is 5.93. The van der Waals surface area contributed by atoms with E-state index in [2.05, 4.69) is 10.0 Å². The Kier molecular flexibility index (Phi) is 7.71. The summed E-state index contributed by atoms with van der Waals surface area (Å²) in [7, 11) is -2.29. The molecule has 0 radical (unpaired) electrons. The van der Waals surface area contributed by atoms with Crippen LogP contribution < -0.4 is 14.8 Å². The van der Waals surface area contributed by atoms with E-state index in [1.807, 2.05) is 13.8 Å². The Labute approximate surface area is 175 Å². The van der Waals surface area contributed by atoms with Crippen LogP contribution in [-0.4, -0.2) is 28.0 Å². The predicted octanol–water partition coefficient (Wildman–Crippen LogP) is 4.58. The van der Waals surface area contributed by atoms with E-state index in [4.69, 9.17) is 27.9 Å². The summed E-state index contributed by atoms with van der Waals surface area (Å²) in [6.07, 6.45) is 0.716. The maximum absolute atomic E-state index is 12.6. The molecule has 0 bridgehead atoms. The molecule has 0 aromatic heterocycles. The SMILES string of the molecule is COc1ccc(S(=O)(=O)NCCC(C)C)cc1NC(=O)c1ccc(Cl)cc1Cl. The second-order valence-corrected chi connectivity index (χ2v) is 9.13. The molecule has 0 unspecified atom stereocenters. The smallest absolute Gasteiger partial charge is 0.257 e. The lowest BCUT2D eigenvalue weighted by Gasteiger charge is -2.14. The first kappa shape index (κ1) is 22.5. The third kappa shape index (κ3) is 5.85. The summed E-state index contributed by atoms with van der Waals surface area (Å²) >= 11 is 11.9. The van der Waals surface area contributed by atoms with E-state index in [-0.39, 0.29) is 21.2 Å². The van der Waals surface area contributed by atoms with E-state index in [1.54, 1.807) is 6.07 Å². The van der Waals surface area contributed by atoms with Crippen molar-refractivity contribution in [1.82, 2.24) is 4.72 Å². The van der Waals surface area contributed by atoms with Crippen LogP contribution in [0.4, 0.5) is 5.69 Å². The highest BCUT2D eigenvalue weighted by Crippen LogP contribution is 2.29. The molecule has 0 saturated heterocycles. The van der Waals surface area contributed by atoms with E-state index in [1.165, 1.54) is 37.4 Å². The van der Waals surface area contributed by atoms with Gasteiger partial charge >= 0.3 is 0 Å². The minimum Gasteiger partial charge on any atom is -0.495 e. The molecule has 28 heavy (non-hydrogen) atoms. The molecule has 2 rings (SSSR count). The molecule has 1 amide bonds. The van der Waals surface area contributed by atoms with Crippen molar-refractivity contribution in [1.29, 1.82) is 0 Å². The van der Waals surface area contributed by atoms with Crippen molar-refractivity contribution >= 4 is 44.8 Å². The number of ether oxygens (including phenoxy) is 1. The van der Waals surface area contributed by atoms with Gasteiger partial charge in [0, 0.05) is 11.6 Å². The standard InChI is InChI=1S/C19H22Cl2N2O4S/c1-12(2)8-9-22-28(25,26)14-5-7-18(27-3)17(11-14)23-19(24)15-6-4-13(20)10-16(15)21/h4-7,10-12,22H,8-9H2,1-3H3,(H,23,24). The highest BCUT2D eigenvalue weighted by Gasteiger charge is 2.19. The zero-order chi connectivity index (χ0) is 20.9. The minimum atomic E-state index is -3.72. The van der Waals surface area contributed by atoms with Crippen LogP contribution in [0.25, 0.3) is 0 Å². The summed E-state index contributed by atoms with van der Waals surface area (Å²) in [6.45, 7) is 4.35. The van der Waals surface area contributed by atoms with Crippen LogP contribution in [-0.2, 0) is 10.0 Å². The molecule has 0 saturated carbocycles. The first-order valence-corrected chi connectivity index (χ1v) is 10.8. The minimum absolute atomic E-state index is 0.0227. The number of methoxy groups -OCH3 is 1. The van der Waals surface area contributed by atoms with Gasteiger partial charge in [0.05, 0.1) is 28.3 Å². The van der Waals surface area contributed by atoms with Crippen LogP contribution in [0.1, 0.15) is 30.6 Å². The van der Waals surface area contributed by atoms with Crippen molar-refractivity contribution in [3.63, 3.8) is 0 Å². The lowest BCUT2D eigenvalue weighted by Crippen LogP contribution is -2.25. The zero-order valence-corrected chi connectivity index (χ0v) is 18.1. The van der Waals surface area contributed by atoms with Gasteiger partial charge in [-0.05, 0) is 48.7 Å². The number of nitrogens with one attached hydrogen (secondary N) is 2. The van der Waals surface area contributed by atoms with Crippen LogP contribution >= 0.6 is 23.2 Å². The molecule has 2 aromatic rings. The summed E-state index contributed by atoms with van der Waals surface area (Å²) < 4.78 is 32.8. The second kappa shape index (κ2) is 9.60. The molecule has 0 aliphatic heterocycles. The molecular formula is C19H22Cl2N2O4S. The predicted molar refractivity (Wildman–Crippen MR) is 112 cm³/mol. The average Bonchev–Trinajstić information content (AvgIpc) is 2.61. The van der Waals surface area contributed by atoms with Crippen molar-refractivity contribution in [3.05, 3.63) is 52.0 Å². The largest absolute Gasteiger partial charge is 0.495 e. The lowest BCUT2D eigenvalue weighted by molar-refractivity contribution is 0.102. The lowest BCUT2D eigenvalue weighted by atomic mass is 10.1. The number of hydrogen-bond donors (Lipinski definition) is 2. The summed E-state index contributed by atoms with van der Waals surface area (Å²) in [5.41, 5.74) is 0.418. The molecule has 2 N–H and O–H groups in total.